The molecule has 0 aliphatic carbocycles. The van der Waals surface area contributed by atoms with Crippen molar-refractivity contribution in [1.29, 1.82) is 0 Å². The molecule has 2 aromatic rings. The van der Waals surface area contributed by atoms with E-state index in [0.717, 1.165) is 27.0 Å². The Kier molecular flexibility index (Phi) is 4.61. The van der Waals surface area contributed by atoms with Crippen LogP contribution >= 0.6 is 27.5 Å². The van der Waals surface area contributed by atoms with Crippen molar-refractivity contribution in [3.63, 3.8) is 0 Å². The number of aldehydes is 1. The predicted molar refractivity (Wildman–Crippen MR) is 83.1 cm³/mol. The van der Waals surface area contributed by atoms with E-state index in [1.54, 1.807) is 0 Å². The summed E-state index contributed by atoms with van der Waals surface area (Å²) in [6.07, 6.45) is 0.864. The molecule has 2 aromatic carbocycles. The maximum atomic E-state index is 11.1. The summed E-state index contributed by atoms with van der Waals surface area (Å²) in [5.74, 6) is 0. The average molecular weight is 339 g/mol. The van der Waals surface area contributed by atoms with Crippen LogP contribution in [-0.4, -0.2) is 13.3 Å². The highest BCUT2D eigenvalue weighted by atomic mass is 79.9. The zero-order valence-corrected chi connectivity index (χ0v) is 12.8. The van der Waals surface area contributed by atoms with Crippen LogP contribution in [0.5, 0.6) is 0 Å². The fourth-order valence-electron chi connectivity index (χ4n) is 1.93. The second-order valence-electron chi connectivity index (χ2n) is 4.27. The van der Waals surface area contributed by atoms with Crippen LogP contribution in [-0.2, 0) is 6.54 Å². The molecular weight excluding hydrogens is 326 g/mol. The Hall–Kier alpha value is -1.32. The minimum Gasteiger partial charge on any atom is -0.370 e. The Labute approximate surface area is 126 Å². The molecule has 0 atom stereocenters. The lowest BCUT2D eigenvalue weighted by Crippen LogP contribution is -2.18. The Balaban J connectivity index is 2.28. The first kappa shape index (κ1) is 14.1. The molecule has 2 nitrogen and oxygen atoms in total. The molecule has 0 aliphatic heterocycles. The zero-order chi connectivity index (χ0) is 13.8. The van der Waals surface area contributed by atoms with Gasteiger partial charge in [0.05, 0.1) is 0 Å². The summed E-state index contributed by atoms with van der Waals surface area (Å²) >= 11 is 9.52. The molecular formula is C15H13BrClNO. The Bertz CT molecular complexity index is 600. The van der Waals surface area contributed by atoms with Crippen molar-refractivity contribution in [3.05, 3.63) is 63.1 Å². The van der Waals surface area contributed by atoms with E-state index < -0.39 is 0 Å². The molecule has 0 fully saturated rings. The van der Waals surface area contributed by atoms with Crippen molar-refractivity contribution in [2.45, 2.75) is 6.54 Å². The van der Waals surface area contributed by atoms with Crippen LogP contribution in [0.15, 0.2) is 46.9 Å². The zero-order valence-electron chi connectivity index (χ0n) is 10.4. The maximum absolute atomic E-state index is 11.1. The van der Waals surface area contributed by atoms with E-state index in [4.69, 9.17) is 11.6 Å². The van der Waals surface area contributed by atoms with Gasteiger partial charge in [-0.15, -0.1) is 0 Å². The van der Waals surface area contributed by atoms with Gasteiger partial charge >= 0.3 is 0 Å². The van der Waals surface area contributed by atoms with Gasteiger partial charge in [0.2, 0.25) is 0 Å². The number of carbonyl (C=O) groups excluding carboxylic acids is 1. The van der Waals surface area contributed by atoms with E-state index in [1.807, 2.05) is 54.4 Å². The second-order valence-corrected chi connectivity index (χ2v) is 5.59. The first-order valence-corrected chi connectivity index (χ1v) is 6.98. The smallest absolute Gasteiger partial charge is 0.152 e. The van der Waals surface area contributed by atoms with Crippen LogP contribution in [0, 0.1) is 0 Å². The molecule has 0 bridgehead atoms. The molecule has 0 saturated heterocycles. The van der Waals surface area contributed by atoms with Crippen molar-refractivity contribution in [2.24, 2.45) is 0 Å². The number of hydrogen-bond donors (Lipinski definition) is 0. The van der Waals surface area contributed by atoms with Gasteiger partial charge in [0.1, 0.15) is 0 Å². The van der Waals surface area contributed by atoms with Crippen LogP contribution in [0.25, 0.3) is 0 Å². The van der Waals surface area contributed by atoms with Crippen LogP contribution in [0.1, 0.15) is 15.9 Å². The average Bonchev–Trinajstić information content (AvgIpc) is 2.41. The highest BCUT2D eigenvalue weighted by Crippen LogP contribution is 2.25. The SMILES string of the molecule is CN(Cc1ccccc1Cl)c1ccc(Br)cc1C=O. The molecule has 0 aliphatic rings. The van der Waals surface area contributed by atoms with Crippen LogP contribution < -0.4 is 4.90 Å². The van der Waals surface area contributed by atoms with Gasteiger partial charge in [0, 0.05) is 34.3 Å². The Morgan fingerprint density at radius 3 is 2.68 bits per heavy atom. The van der Waals surface area contributed by atoms with Crippen molar-refractivity contribution < 1.29 is 4.79 Å². The predicted octanol–water partition coefficient (Wildman–Crippen LogP) is 4.55. The first-order valence-electron chi connectivity index (χ1n) is 5.81. The van der Waals surface area contributed by atoms with Crippen molar-refractivity contribution in [3.8, 4) is 0 Å². The fourth-order valence-corrected chi connectivity index (χ4v) is 2.51. The molecule has 0 spiro atoms. The standard InChI is InChI=1S/C15H13BrClNO/c1-18(9-11-4-2-3-5-14(11)17)15-7-6-13(16)8-12(15)10-19/h2-8,10H,9H2,1H3. The molecule has 0 unspecified atom stereocenters. The lowest BCUT2D eigenvalue weighted by Gasteiger charge is -2.21. The van der Waals surface area contributed by atoms with E-state index in [9.17, 15) is 4.79 Å². The van der Waals surface area contributed by atoms with E-state index in [2.05, 4.69) is 15.9 Å². The number of anilines is 1. The van der Waals surface area contributed by atoms with Gasteiger partial charge < -0.3 is 4.90 Å². The van der Waals surface area contributed by atoms with E-state index in [-0.39, 0.29) is 0 Å². The van der Waals surface area contributed by atoms with Crippen LogP contribution in [0.3, 0.4) is 0 Å². The molecule has 0 amide bonds. The Morgan fingerprint density at radius 2 is 2.00 bits per heavy atom. The van der Waals surface area contributed by atoms with E-state index >= 15 is 0 Å². The fraction of sp³-hybridized carbons (Fsp3) is 0.133. The van der Waals surface area contributed by atoms with Crippen LogP contribution in [0.4, 0.5) is 5.69 Å². The van der Waals surface area contributed by atoms with Gasteiger partial charge in [-0.3, -0.25) is 4.79 Å². The monoisotopic (exact) mass is 337 g/mol. The van der Waals surface area contributed by atoms with Gasteiger partial charge in [-0.1, -0.05) is 45.7 Å². The number of nitrogens with zero attached hydrogens (tertiary/aromatic N) is 1. The maximum Gasteiger partial charge on any atom is 0.152 e. The normalized spacial score (nSPS) is 10.3. The molecule has 0 saturated carbocycles. The summed E-state index contributed by atoms with van der Waals surface area (Å²) in [5, 5.41) is 0.735. The molecule has 0 radical (unpaired) electrons. The third-order valence-corrected chi connectivity index (χ3v) is 3.76. The quantitative estimate of drug-likeness (QED) is 0.762. The summed E-state index contributed by atoms with van der Waals surface area (Å²) in [4.78, 5) is 13.1. The summed E-state index contributed by atoms with van der Waals surface area (Å²) in [5.41, 5.74) is 2.58. The summed E-state index contributed by atoms with van der Waals surface area (Å²) < 4.78 is 0.893. The molecule has 98 valence electrons. The number of hydrogen-bond acceptors (Lipinski definition) is 2. The minimum absolute atomic E-state index is 0.655. The van der Waals surface area contributed by atoms with Crippen LogP contribution in [0.2, 0.25) is 5.02 Å². The van der Waals surface area contributed by atoms with Gasteiger partial charge in [-0.2, -0.15) is 0 Å². The second kappa shape index (κ2) is 6.22. The lowest BCUT2D eigenvalue weighted by atomic mass is 10.1. The van der Waals surface area contributed by atoms with E-state index in [1.165, 1.54) is 0 Å². The number of carbonyl (C=O) groups is 1. The molecule has 0 aromatic heterocycles. The van der Waals surface area contributed by atoms with Gasteiger partial charge in [0.25, 0.3) is 0 Å². The Morgan fingerprint density at radius 1 is 1.26 bits per heavy atom. The third-order valence-electron chi connectivity index (χ3n) is 2.89. The van der Waals surface area contributed by atoms with Gasteiger partial charge in [-0.05, 0) is 29.8 Å². The molecule has 0 heterocycles. The number of benzene rings is 2. The van der Waals surface area contributed by atoms with Crippen molar-refractivity contribution in [1.82, 2.24) is 0 Å². The third kappa shape index (κ3) is 3.37. The van der Waals surface area contributed by atoms with Crippen molar-refractivity contribution >= 4 is 39.5 Å². The summed E-state index contributed by atoms with van der Waals surface area (Å²) in [7, 11) is 1.94. The highest BCUT2D eigenvalue weighted by Gasteiger charge is 2.09. The molecule has 4 heteroatoms. The highest BCUT2D eigenvalue weighted by molar-refractivity contribution is 9.10. The lowest BCUT2D eigenvalue weighted by molar-refractivity contribution is 0.112. The molecule has 0 N–H and O–H groups in total. The van der Waals surface area contributed by atoms with E-state index in [0.29, 0.717) is 12.1 Å². The summed E-state index contributed by atoms with van der Waals surface area (Å²) in [6, 6.07) is 13.4. The molecule has 2 rings (SSSR count). The minimum atomic E-state index is 0.655. The van der Waals surface area contributed by atoms with Gasteiger partial charge in [0.15, 0.2) is 6.29 Å². The number of halogens is 2. The van der Waals surface area contributed by atoms with Crippen molar-refractivity contribution in [2.75, 3.05) is 11.9 Å². The number of rotatable bonds is 4. The van der Waals surface area contributed by atoms with Gasteiger partial charge in [-0.25, -0.2) is 0 Å². The summed E-state index contributed by atoms with van der Waals surface area (Å²) in [6.45, 7) is 0.655. The molecule has 19 heavy (non-hydrogen) atoms. The first-order chi connectivity index (χ1) is 9.11. The topological polar surface area (TPSA) is 20.3 Å². The largest absolute Gasteiger partial charge is 0.370 e.